The highest BCUT2D eigenvalue weighted by molar-refractivity contribution is 4.78. The Morgan fingerprint density at radius 1 is 1.31 bits per heavy atom. The molecule has 1 aliphatic rings. The highest BCUT2D eigenvalue weighted by Gasteiger charge is 2.24. The molecule has 0 N–H and O–H groups in total. The van der Waals surface area contributed by atoms with Crippen LogP contribution >= 0.6 is 0 Å². The minimum atomic E-state index is 0.890. The maximum absolute atomic E-state index is 3.79. The fraction of sp³-hybridized carbons (Fsp3) is 0.846. The standard InChI is InChI=1S/C13H24/c1-4-5-8-11(2)12(3)13-9-6-7-10-13/h4,11-13H,1,5-10H2,2-3H3. The summed E-state index contributed by atoms with van der Waals surface area (Å²) in [5.74, 6) is 2.85. The van der Waals surface area contributed by atoms with Crippen LogP contribution in [0.4, 0.5) is 0 Å². The molecule has 76 valence electrons. The predicted molar refractivity (Wildman–Crippen MR) is 59.7 cm³/mol. The van der Waals surface area contributed by atoms with E-state index >= 15 is 0 Å². The minimum absolute atomic E-state index is 0.890. The van der Waals surface area contributed by atoms with Crippen molar-refractivity contribution in [3.63, 3.8) is 0 Å². The Hall–Kier alpha value is -0.260. The molecular formula is C13H24. The van der Waals surface area contributed by atoms with Crippen molar-refractivity contribution < 1.29 is 0 Å². The second-order valence-electron chi connectivity index (χ2n) is 4.75. The summed E-state index contributed by atoms with van der Waals surface area (Å²) in [5.41, 5.74) is 0. The van der Waals surface area contributed by atoms with Crippen LogP contribution in [-0.4, -0.2) is 0 Å². The van der Waals surface area contributed by atoms with Gasteiger partial charge in [0.05, 0.1) is 0 Å². The first-order chi connectivity index (χ1) is 6.25. The molecule has 0 saturated heterocycles. The summed E-state index contributed by atoms with van der Waals surface area (Å²) in [6.45, 7) is 8.65. The first-order valence-electron chi connectivity index (χ1n) is 5.86. The predicted octanol–water partition coefficient (Wildman–Crippen LogP) is 4.42. The molecular weight excluding hydrogens is 156 g/mol. The summed E-state index contributed by atoms with van der Waals surface area (Å²) in [7, 11) is 0. The molecule has 2 atom stereocenters. The van der Waals surface area contributed by atoms with Crippen molar-refractivity contribution in [2.45, 2.75) is 52.4 Å². The largest absolute Gasteiger partial charge is 0.103 e. The van der Waals surface area contributed by atoms with E-state index in [9.17, 15) is 0 Å². The van der Waals surface area contributed by atoms with Crippen LogP contribution in [-0.2, 0) is 0 Å². The number of allylic oxidation sites excluding steroid dienone is 1. The lowest BCUT2D eigenvalue weighted by Gasteiger charge is -2.25. The van der Waals surface area contributed by atoms with E-state index in [-0.39, 0.29) is 0 Å². The Morgan fingerprint density at radius 2 is 1.92 bits per heavy atom. The molecule has 1 fully saturated rings. The summed E-state index contributed by atoms with van der Waals surface area (Å²) in [4.78, 5) is 0. The Bertz CT molecular complexity index is 142. The first kappa shape index (κ1) is 10.8. The summed E-state index contributed by atoms with van der Waals surface area (Å²) >= 11 is 0. The second-order valence-corrected chi connectivity index (χ2v) is 4.75. The molecule has 0 aromatic carbocycles. The van der Waals surface area contributed by atoms with E-state index in [4.69, 9.17) is 0 Å². The van der Waals surface area contributed by atoms with Gasteiger partial charge >= 0.3 is 0 Å². The molecule has 0 amide bonds. The van der Waals surface area contributed by atoms with Crippen LogP contribution in [0.1, 0.15) is 52.4 Å². The average molecular weight is 180 g/mol. The third-order valence-corrected chi connectivity index (χ3v) is 3.87. The molecule has 0 aromatic rings. The Labute approximate surface area is 83.4 Å². The van der Waals surface area contributed by atoms with Crippen molar-refractivity contribution in [3.8, 4) is 0 Å². The van der Waals surface area contributed by atoms with Gasteiger partial charge in [0.15, 0.2) is 0 Å². The lowest BCUT2D eigenvalue weighted by Crippen LogP contribution is -2.16. The minimum Gasteiger partial charge on any atom is -0.103 e. The molecule has 0 nitrogen and oxygen atoms in total. The quantitative estimate of drug-likeness (QED) is 0.550. The second kappa shape index (κ2) is 5.47. The van der Waals surface area contributed by atoms with Crippen LogP contribution < -0.4 is 0 Å². The molecule has 0 heterocycles. The van der Waals surface area contributed by atoms with E-state index in [1.807, 2.05) is 0 Å². The third-order valence-electron chi connectivity index (χ3n) is 3.87. The SMILES string of the molecule is C=CCCC(C)C(C)C1CCCC1. The van der Waals surface area contributed by atoms with Crippen LogP contribution in [0.15, 0.2) is 12.7 Å². The molecule has 0 spiro atoms. The van der Waals surface area contributed by atoms with Crippen LogP contribution in [0, 0.1) is 17.8 Å². The normalized spacial score (nSPS) is 22.9. The Balaban J connectivity index is 2.27. The van der Waals surface area contributed by atoms with E-state index in [0.29, 0.717) is 0 Å². The van der Waals surface area contributed by atoms with E-state index in [2.05, 4.69) is 26.5 Å². The zero-order valence-corrected chi connectivity index (χ0v) is 9.26. The number of rotatable bonds is 5. The van der Waals surface area contributed by atoms with E-state index < -0.39 is 0 Å². The van der Waals surface area contributed by atoms with Gasteiger partial charge in [0.25, 0.3) is 0 Å². The van der Waals surface area contributed by atoms with Crippen molar-refractivity contribution in [1.82, 2.24) is 0 Å². The van der Waals surface area contributed by atoms with Crippen LogP contribution in [0.5, 0.6) is 0 Å². The maximum atomic E-state index is 3.79. The highest BCUT2D eigenvalue weighted by atomic mass is 14.3. The number of hydrogen-bond acceptors (Lipinski definition) is 0. The van der Waals surface area contributed by atoms with Gasteiger partial charge < -0.3 is 0 Å². The molecule has 0 radical (unpaired) electrons. The lowest BCUT2D eigenvalue weighted by atomic mass is 9.81. The van der Waals surface area contributed by atoms with E-state index in [0.717, 1.165) is 17.8 Å². The van der Waals surface area contributed by atoms with Crippen molar-refractivity contribution in [2.75, 3.05) is 0 Å². The van der Waals surface area contributed by atoms with E-state index in [1.165, 1.54) is 38.5 Å². The molecule has 0 aromatic heterocycles. The van der Waals surface area contributed by atoms with Gasteiger partial charge in [-0.2, -0.15) is 0 Å². The van der Waals surface area contributed by atoms with Crippen molar-refractivity contribution in [1.29, 1.82) is 0 Å². The van der Waals surface area contributed by atoms with Crippen LogP contribution in [0.3, 0.4) is 0 Å². The Morgan fingerprint density at radius 3 is 2.46 bits per heavy atom. The third kappa shape index (κ3) is 3.17. The van der Waals surface area contributed by atoms with Gasteiger partial charge in [-0.25, -0.2) is 0 Å². The summed E-state index contributed by atoms with van der Waals surface area (Å²) in [6, 6.07) is 0. The lowest BCUT2D eigenvalue weighted by molar-refractivity contribution is 0.255. The Kier molecular flexibility index (Phi) is 4.55. The van der Waals surface area contributed by atoms with Crippen molar-refractivity contribution in [2.24, 2.45) is 17.8 Å². The van der Waals surface area contributed by atoms with Crippen LogP contribution in [0.2, 0.25) is 0 Å². The topological polar surface area (TPSA) is 0 Å². The molecule has 0 heteroatoms. The van der Waals surface area contributed by atoms with Gasteiger partial charge in [0.2, 0.25) is 0 Å². The van der Waals surface area contributed by atoms with Crippen molar-refractivity contribution in [3.05, 3.63) is 12.7 Å². The molecule has 0 bridgehead atoms. The average Bonchev–Trinajstić information content (AvgIpc) is 2.65. The van der Waals surface area contributed by atoms with Gasteiger partial charge in [-0.15, -0.1) is 6.58 Å². The van der Waals surface area contributed by atoms with Gasteiger partial charge in [-0.1, -0.05) is 45.6 Å². The number of hydrogen-bond donors (Lipinski definition) is 0. The maximum Gasteiger partial charge on any atom is -0.0351 e. The summed E-state index contributed by atoms with van der Waals surface area (Å²) < 4.78 is 0. The van der Waals surface area contributed by atoms with Gasteiger partial charge in [-0.3, -0.25) is 0 Å². The molecule has 2 unspecified atom stereocenters. The summed E-state index contributed by atoms with van der Waals surface area (Å²) in [5, 5.41) is 0. The zero-order valence-electron chi connectivity index (χ0n) is 9.26. The van der Waals surface area contributed by atoms with Crippen molar-refractivity contribution >= 4 is 0 Å². The molecule has 13 heavy (non-hydrogen) atoms. The van der Waals surface area contributed by atoms with Gasteiger partial charge in [0, 0.05) is 0 Å². The highest BCUT2D eigenvalue weighted by Crippen LogP contribution is 2.36. The fourth-order valence-electron chi connectivity index (χ4n) is 2.59. The molecule has 1 rings (SSSR count). The van der Waals surface area contributed by atoms with Gasteiger partial charge in [-0.05, 0) is 30.6 Å². The molecule has 1 aliphatic carbocycles. The fourth-order valence-corrected chi connectivity index (χ4v) is 2.59. The van der Waals surface area contributed by atoms with Crippen LogP contribution in [0.25, 0.3) is 0 Å². The van der Waals surface area contributed by atoms with E-state index in [1.54, 1.807) is 0 Å². The smallest absolute Gasteiger partial charge is 0.0351 e. The monoisotopic (exact) mass is 180 g/mol. The van der Waals surface area contributed by atoms with Gasteiger partial charge in [0.1, 0.15) is 0 Å². The summed E-state index contributed by atoms with van der Waals surface area (Å²) in [6.07, 6.45) is 10.5. The molecule has 0 aliphatic heterocycles. The first-order valence-corrected chi connectivity index (χ1v) is 5.86. The molecule has 1 saturated carbocycles. The zero-order chi connectivity index (χ0) is 9.68.